The lowest BCUT2D eigenvalue weighted by Gasteiger charge is -2.29. The summed E-state index contributed by atoms with van der Waals surface area (Å²) in [5.74, 6) is 0.747. The molecule has 2 rings (SSSR count). The van der Waals surface area contributed by atoms with Gasteiger partial charge in [0, 0.05) is 19.0 Å². The van der Waals surface area contributed by atoms with Gasteiger partial charge >= 0.3 is 0 Å². The van der Waals surface area contributed by atoms with Crippen molar-refractivity contribution in [3.8, 4) is 0 Å². The predicted molar refractivity (Wildman–Crippen MR) is 80.6 cm³/mol. The summed E-state index contributed by atoms with van der Waals surface area (Å²) in [6, 6.07) is 3.43. The number of nitrogens with one attached hydrogen (secondary N) is 1. The van der Waals surface area contributed by atoms with Crippen molar-refractivity contribution in [2.75, 3.05) is 25.9 Å². The quantitative estimate of drug-likeness (QED) is 0.814. The molecule has 0 saturated carbocycles. The molecule has 2 heterocycles. The van der Waals surface area contributed by atoms with Crippen molar-refractivity contribution >= 4 is 15.9 Å². The number of nitrogens with zero attached hydrogens (tertiary/aromatic N) is 1. The van der Waals surface area contributed by atoms with Crippen molar-refractivity contribution in [1.82, 2.24) is 9.62 Å². The maximum Gasteiger partial charge on any atom is 0.223 e. The molecule has 1 atom stereocenters. The number of rotatable bonds is 5. The normalized spacial score (nSPS) is 19.0. The molecule has 1 aromatic heterocycles. The third-order valence-electron chi connectivity index (χ3n) is 3.85. The molecule has 0 spiro atoms. The van der Waals surface area contributed by atoms with Gasteiger partial charge in [-0.3, -0.25) is 4.79 Å². The van der Waals surface area contributed by atoms with Crippen LogP contribution < -0.4 is 5.32 Å². The van der Waals surface area contributed by atoms with E-state index in [4.69, 9.17) is 4.42 Å². The van der Waals surface area contributed by atoms with E-state index in [0.29, 0.717) is 37.5 Å². The van der Waals surface area contributed by atoms with Crippen molar-refractivity contribution in [2.24, 2.45) is 5.92 Å². The van der Waals surface area contributed by atoms with Crippen LogP contribution in [0.25, 0.3) is 0 Å². The average molecular weight is 330 g/mol. The number of sulfonamides is 1. The monoisotopic (exact) mass is 330 g/mol. The van der Waals surface area contributed by atoms with E-state index in [2.05, 4.69) is 5.32 Å². The molecule has 1 aromatic rings. The molecule has 1 saturated heterocycles. The Morgan fingerprint density at radius 3 is 2.59 bits per heavy atom. The van der Waals surface area contributed by atoms with E-state index in [0.717, 1.165) is 0 Å². The third kappa shape index (κ3) is 4.31. The number of aliphatic hydroxyl groups is 1. The number of aryl methyl sites for hydroxylation is 1. The number of carbonyl (C=O) groups is 1. The minimum atomic E-state index is -3.19. The van der Waals surface area contributed by atoms with Crippen LogP contribution >= 0.6 is 0 Å². The van der Waals surface area contributed by atoms with Crippen LogP contribution in [-0.4, -0.2) is 49.6 Å². The second-order valence-electron chi connectivity index (χ2n) is 5.65. The summed E-state index contributed by atoms with van der Waals surface area (Å²) < 4.78 is 29.5. The van der Waals surface area contributed by atoms with Gasteiger partial charge in [0.2, 0.25) is 15.9 Å². The van der Waals surface area contributed by atoms with Crippen LogP contribution in [0, 0.1) is 12.8 Å². The first-order valence-electron chi connectivity index (χ1n) is 7.24. The SMILES string of the molecule is Cc1ccc([C@H](O)CNC(=O)C2CCN(S(C)(=O)=O)CC2)o1. The Labute approximate surface area is 130 Å². The van der Waals surface area contributed by atoms with Gasteiger partial charge < -0.3 is 14.8 Å². The first-order valence-corrected chi connectivity index (χ1v) is 9.09. The molecular formula is C14H22N2O5S. The highest BCUT2D eigenvalue weighted by Gasteiger charge is 2.29. The molecule has 0 bridgehead atoms. The summed E-state index contributed by atoms with van der Waals surface area (Å²) in [4.78, 5) is 12.1. The molecule has 0 unspecified atom stereocenters. The smallest absolute Gasteiger partial charge is 0.223 e. The number of furan rings is 1. The van der Waals surface area contributed by atoms with E-state index in [9.17, 15) is 18.3 Å². The molecule has 7 nitrogen and oxygen atoms in total. The van der Waals surface area contributed by atoms with Gasteiger partial charge in [-0.05, 0) is 31.9 Å². The number of aliphatic hydroxyl groups excluding tert-OH is 1. The van der Waals surface area contributed by atoms with Crippen LogP contribution in [-0.2, 0) is 14.8 Å². The van der Waals surface area contributed by atoms with Crippen molar-refractivity contribution in [3.63, 3.8) is 0 Å². The Bertz CT molecular complexity index is 617. The lowest BCUT2D eigenvalue weighted by molar-refractivity contribution is -0.126. The predicted octanol–water partition coefficient (Wildman–Crippen LogP) is 0.409. The molecule has 0 aromatic carbocycles. The number of carbonyl (C=O) groups excluding carboxylic acids is 1. The Morgan fingerprint density at radius 2 is 2.09 bits per heavy atom. The zero-order chi connectivity index (χ0) is 16.3. The van der Waals surface area contributed by atoms with E-state index < -0.39 is 16.1 Å². The lowest BCUT2D eigenvalue weighted by Crippen LogP contribution is -2.43. The van der Waals surface area contributed by atoms with Crippen LogP contribution in [0.15, 0.2) is 16.5 Å². The van der Waals surface area contributed by atoms with E-state index in [1.54, 1.807) is 19.1 Å². The molecule has 2 N–H and O–H groups in total. The summed E-state index contributed by atoms with van der Waals surface area (Å²) >= 11 is 0. The topological polar surface area (TPSA) is 99.9 Å². The van der Waals surface area contributed by atoms with Gasteiger partial charge in [0.05, 0.1) is 12.8 Å². The highest BCUT2D eigenvalue weighted by molar-refractivity contribution is 7.88. The van der Waals surface area contributed by atoms with Crippen molar-refractivity contribution in [2.45, 2.75) is 25.9 Å². The molecule has 124 valence electrons. The number of hydrogen-bond donors (Lipinski definition) is 2. The van der Waals surface area contributed by atoms with E-state index in [-0.39, 0.29) is 18.4 Å². The van der Waals surface area contributed by atoms with E-state index >= 15 is 0 Å². The third-order valence-corrected chi connectivity index (χ3v) is 5.16. The van der Waals surface area contributed by atoms with Gasteiger partial charge in [-0.1, -0.05) is 0 Å². The minimum absolute atomic E-state index is 0.0814. The lowest BCUT2D eigenvalue weighted by atomic mass is 9.97. The molecule has 1 aliphatic rings. The first-order chi connectivity index (χ1) is 10.3. The summed E-state index contributed by atoms with van der Waals surface area (Å²) in [5.41, 5.74) is 0. The number of hydrogen-bond acceptors (Lipinski definition) is 5. The molecule has 8 heteroatoms. The van der Waals surface area contributed by atoms with Crippen LogP contribution in [0.1, 0.15) is 30.5 Å². The highest BCUT2D eigenvalue weighted by atomic mass is 32.2. The van der Waals surface area contributed by atoms with Gasteiger partial charge in [-0.25, -0.2) is 12.7 Å². The van der Waals surface area contributed by atoms with Gasteiger partial charge in [0.25, 0.3) is 0 Å². The molecule has 0 radical (unpaired) electrons. The fourth-order valence-electron chi connectivity index (χ4n) is 2.52. The van der Waals surface area contributed by atoms with Crippen LogP contribution in [0.5, 0.6) is 0 Å². The van der Waals surface area contributed by atoms with Crippen molar-refractivity contribution < 1.29 is 22.7 Å². The number of amides is 1. The minimum Gasteiger partial charge on any atom is -0.464 e. The number of piperidine rings is 1. The summed E-state index contributed by atoms with van der Waals surface area (Å²) in [6.07, 6.45) is 1.28. The second-order valence-corrected chi connectivity index (χ2v) is 7.63. The maximum atomic E-state index is 12.1. The summed E-state index contributed by atoms with van der Waals surface area (Å²) in [5, 5.41) is 12.6. The molecule has 1 amide bonds. The van der Waals surface area contributed by atoms with Crippen molar-refractivity contribution in [1.29, 1.82) is 0 Å². The van der Waals surface area contributed by atoms with E-state index in [1.165, 1.54) is 10.6 Å². The Kier molecular flexibility index (Phi) is 5.25. The fourth-order valence-corrected chi connectivity index (χ4v) is 3.40. The molecule has 1 aliphatic heterocycles. The van der Waals surface area contributed by atoms with Crippen LogP contribution in [0.4, 0.5) is 0 Å². The largest absolute Gasteiger partial charge is 0.464 e. The zero-order valence-corrected chi connectivity index (χ0v) is 13.6. The zero-order valence-electron chi connectivity index (χ0n) is 12.8. The summed E-state index contributed by atoms with van der Waals surface area (Å²) in [6.45, 7) is 2.58. The molecule has 22 heavy (non-hydrogen) atoms. The molecule has 0 aliphatic carbocycles. The fraction of sp³-hybridized carbons (Fsp3) is 0.643. The van der Waals surface area contributed by atoms with Crippen LogP contribution in [0.2, 0.25) is 0 Å². The Balaban J connectivity index is 1.79. The Hall–Kier alpha value is -1.38. The van der Waals surface area contributed by atoms with Gasteiger partial charge in [-0.2, -0.15) is 0 Å². The molecular weight excluding hydrogens is 308 g/mol. The van der Waals surface area contributed by atoms with E-state index in [1.807, 2.05) is 0 Å². The Morgan fingerprint density at radius 1 is 1.45 bits per heavy atom. The standard InChI is InChI=1S/C14H22N2O5S/c1-10-3-4-13(21-10)12(17)9-15-14(18)11-5-7-16(8-6-11)22(2,19)20/h3-4,11-12,17H,5-9H2,1-2H3,(H,15,18)/t12-/m1/s1. The van der Waals surface area contributed by atoms with Crippen molar-refractivity contribution in [3.05, 3.63) is 23.7 Å². The van der Waals surface area contributed by atoms with Gasteiger partial charge in [0.1, 0.15) is 17.6 Å². The highest BCUT2D eigenvalue weighted by Crippen LogP contribution is 2.20. The molecule has 1 fully saturated rings. The van der Waals surface area contributed by atoms with Gasteiger partial charge in [-0.15, -0.1) is 0 Å². The first kappa shape index (κ1) is 17.0. The second kappa shape index (κ2) is 6.80. The van der Waals surface area contributed by atoms with Gasteiger partial charge in [0.15, 0.2) is 0 Å². The van der Waals surface area contributed by atoms with Crippen LogP contribution in [0.3, 0.4) is 0 Å². The maximum absolute atomic E-state index is 12.1. The average Bonchev–Trinajstić information content (AvgIpc) is 2.90. The summed E-state index contributed by atoms with van der Waals surface area (Å²) in [7, 11) is -3.19.